The summed E-state index contributed by atoms with van der Waals surface area (Å²) in [5.41, 5.74) is 1.88. The Balaban J connectivity index is 1.85. The molecule has 1 N–H and O–H groups in total. The summed E-state index contributed by atoms with van der Waals surface area (Å²) in [4.78, 5) is 4.26. The van der Waals surface area contributed by atoms with Crippen molar-refractivity contribution in [1.82, 2.24) is 10.3 Å². The quantitative estimate of drug-likeness (QED) is 0.922. The summed E-state index contributed by atoms with van der Waals surface area (Å²) in [7, 11) is 0. The number of halogens is 2. The molecule has 0 unspecified atom stereocenters. The van der Waals surface area contributed by atoms with Gasteiger partial charge < -0.3 is 9.73 Å². The molecule has 1 fully saturated rings. The van der Waals surface area contributed by atoms with Crippen LogP contribution >= 0.6 is 27.5 Å². The number of hydrogen-bond acceptors (Lipinski definition) is 3. The summed E-state index contributed by atoms with van der Waals surface area (Å²) in [6.45, 7) is 0.740. The molecule has 0 amide bonds. The summed E-state index contributed by atoms with van der Waals surface area (Å²) in [6, 6.07) is 6.42. The molecular weight excluding hydrogens is 316 g/mol. The minimum atomic E-state index is 0.656. The molecule has 3 nitrogen and oxygen atoms in total. The van der Waals surface area contributed by atoms with Crippen LogP contribution in [-0.2, 0) is 6.54 Å². The normalized spacial score (nSPS) is 15.0. The predicted octanol–water partition coefficient (Wildman–Crippen LogP) is 4.01. The standard InChI is InChI=1S/C13H12BrClN2O/c14-10-4-1-8(5-11(10)15)13-12(17-7-18-13)6-16-9-2-3-9/h1,4-5,7,9,16H,2-3,6H2. The van der Waals surface area contributed by atoms with Gasteiger partial charge in [-0.1, -0.05) is 11.6 Å². The Bertz CT molecular complexity index is 566. The van der Waals surface area contributed by atoms with Crippen LogP contribution in [0.5, 0.6) is 0 Å². The van der Waals surface area contributed by atoms with E-state index in [1.165, 1.54) is 19.2 Å². The van der Waals surface area contributed by atoms with Gasteiger partial charge in [0.05, 0.1) is 5.02 Å². The molecule has 1 aromatic heterocycles. The molecule has 0 saturated heterocycles. The van der Waals surface area contributed by atoms with E-state index in [2.05, 4.69) is 26.2 Å². The smallest absolute Gasteiger partial charge is 0.181 e. The summed E-state index contributed by atoms with van der Waals surface area (Å²) >= 11 is 9.47. The zero-order valence-corrected chi connectivity index (χ0v) is 12.0. The lowest BCUT2D eigenvalue weighted by atomic mass is 10.1. The second kappa shape index (κ2) is 5.03. The number of aromatic nitrogens is 1. The van der Waals surface area contributed by atoms with Gasteiger partial charge in [-0.3, -0.25) is 0 Å². The van der Waals surface area contributed by atoms with Crippen LogP contribution in [0.3, 0.4) is 0 Å². The molecule has 0 bridgehead atoms. The summed E-state index contributed by atoms with van der Waals surface area (Å²) < 4.78 is 6.35. The summed E-state index contributed by atoms with van der Waals surface area (Å²) in [5.74, 6) is 0.789. The van der Waals surface area contributed by atoms with Gasteiger partial charge in [0.2, 0.25) is 0 Å². The zero-order chi connectivity index (χ0) is 12.5. The van der Waals surface area contributed by atoms with E-state index in [4.69, 9.17) is 16.0 Å². The first kappa shape index (κ1) is 12.2. The molecule has 18 heavy (non-hydrogen) atoms. The van der Waals surface area contributed by atoms with Crippen molar-refractivity contribution >= 4 is 27.5 Å². The van der Waals surface area contributed by atoms with Gasteiger partial charge in [0, 0.05) is 22.6 Å². The molecular formula is C13H12BrClN2O. The molecule has 1 aromatic carbocycles. The van der Waals surface area contributed by atoms with Gasteiger partial charge in [0.1, 0.15) is 5.69 Å². The topological polar surface area (TPSA) is 38.1 Å². The zero-order valence-electron chi connectivity index (χ0n) is 9.62. The maximum absolute atomic E-state index is 6.10. The van der Waals surface area contributed by atoms with Crippen molar-refractivity contribution in [2.24, 2.45) is 0 Å². The highest BCUT2D eigenvalue weighted by Crippen LogP contribution is 2.30. The molecule has 0 radical (unpaired) electrons. The van der Waals surface area contributed by atoms with Gasteiger partial charge in [-0.25, -0.2) is 4.98 Å². The molecule has 1 saturated carbocycles. The minimum Gasteiger partial charge on any atom is -0.443 e. The average molecular weight is 328 g/mol. The van der Waals surface area contributed by atoms with Gasteiger partial charge in [0.15, 0.2) is 12.2 Å². The van der Waals surface area contributed by atoms with Gasteiger partial charge >= 0.3 is 0 Å². The number of rotatable bonds is 4. The molecule has 0 atom stereocenters. The molecule has 0 aliphatic heterocycles. The maximum atomic E-state index is 6.10. The summed E-state index contributed by atoms with van der Waals surface area (Å²) in [5, 5.41) is 4.10. The minimum absolute atomic E-state index is 0.656. The van der Waals surface area contributed by atoms with Crippen LogP contribution in [0.2, 0.25) is 5.02 Å². The van der Waals surface area contributed by atoms with Crippen LogP contribution in [0.4, 0.5) is 0 Å². The van der Waals surface area contributed by atoms with E-state index in [-0.39, 0.29) is 0 Å². The van der Waals surface area contributed by atoms with E-state index in [1.54, 1.807) is 0 Å². The SMILES string of the molecule is Clc1cc(-c2ocnc2CNC2CC2)ccc1Br. The lowest BCUT2D eigenvalue weighted by Crippen LogP contribution is -2.15. The lowest BCUT2D eigenvalue weighted by Gasteiger charge is -2.04. The number of nitrogens with zero attached hydrogens (tertiary/aromatic N) is 1. The third-order valence-electron chi connectivity index (χ3n) is 2.96. The molecule has 0 spiro atoms. The Morgan fingerprint density at radius 2 is 2.28 bits per heavy atom. The predicted molar refractivity (Wildman–Crippen MR) is 74.5 cm³/mol. The van der Waals surface area contributed by atoms with E-state index in [0.29, 0.717) is 11.1 Å². The molecule has 1 aliphatic carbocycles. The highest BCUT2D eigenvalue weighted by molar-refractivity contribution is 9.10. The second-order valence-corrected chi connectivity index (χ2v) is 5.67. The fraction of sp³-hybridized carbons (Fsp3) is 0.308. The van der Waals surface area contributed by atoms with Crippen molar-refractivity contribution in [3.05, 3.63) is 39.8 Å². The molecule has 3 rings (SSSR count). The number of benzene rings is 1. The molecule has 2 aromatic rings. The van der Waals surface area contributed by atoms with Crippen molar-refractivity contribution in [3.63, 3.8) is 0 Å². The van der Waals surface area contributed by atoms with Crippen LogP contribution < -0.4 is 5.32 Å². The molecule has 5 heteroatoms. The van der Waals surface area contributed by atoms with Crippen LogP contribution in [0.25, 0.3) is 11.3 Å². The molecule has 94 valence electrons. The highest BCUT2D eigenvalue weighted by Gasteiger charge is 2.21. The number of oxazole rings is 1. The second-order valence-electron chi connectivity index (χ2n) is 4.41. The average Bonchev–Trinajstić information content (AvgIpc) is 3.08. The van der Waals surface area contributed by atoms with Crippen molar-refractivity contribution in [2.75, 3.05) is 0 Å². The third-order valence-corrected chi connectivity index (χ3v) is 4.19. The van der Waals surface area contributed by atoms with Crippen molar-refractivity contribution in [1.29, 1.82) is 0 Å². The largest absolute Gasteiger partial charge is 0.443 e. The highest BCUT2D eigenvalue weighted by atomic mass is 79.9. The van der Waals surface area contributed by atoms with Gasteiger partial charge in [-0.2, -0.15) is 0 Å². The Labute approximate surface area is 119 Å². The summed E-state index contributed by atoms with van der Waals surface area (Å²) in [6.07, 6.45) is 4.00. The third kappa shape index (κ3) is 2.60. The van der Waals surface area contributed by atoms with E-state index in [9.17, 15) is 0 Å². The Kier molecular flexibility index (Phi) is 3.41. The van der Waals surface area contributed by atoms with Gasteiger partial charge in [0.25, 0.3) is 0 Å². The van der Waals surface area contributed by atoms with Gasteiger partial charge in [-0.05, 0) is 47.0 Å². The number of hydrogen-bond donors (Lipinski definition) is 1. The Morgan fingerprint density at radius 3 is 3.00 bits per heavy atom. The van der Waals surface area contributed by atoms with Crippen LogP contribution in [0.1, 0.15) is 18.5 Å². The molecule has 1 aliphatic rings. The Morgan fingerprint density at radius 1 is 1.44 bits per heavy atom. The lowest BCUT2D eigenvalue weighted by molar-refractivity contribution is 0.569. The van der Waals surface area contributed by atoms with Crippen LogP contribution in [-0.4, -0.2) is 11.0 Å². The fourth-order valence-corrected chi connectivity index (χ4v) is 2.22. The van der Waals surface area contributed by atoms with Crippen LogP contribution in [0, 0.1) is 0 Å². The van der Waals surface area contributed by atoms with Crippen molar-refractivity contribution in [2.45, 2.75) is 25.4 Å². The first-order chi connectivity index (χ1) is 8.74. The fourth-order valence-electron chi connectivity index (χ4n) is 1.80. The first-order valence-electron chi connectivity index (χ1n) is 5.85. The monoisotopic (exact) mass is 326 g/mol. The maximum Gasteiger partial charge on any atom is 0.181 e. The van der Waals surface area contributed by atoms with E-state index in [0.717, 1.165) is 28.0 Å². The number of nitrogens with one attached hydrogen (secondary N) is 1. The van der Waals surface area contributed by atoms with Crippen molar-refractivity contribution < 1.29 is 4.42 Å². The van der Waals surface area contributed by atoms with Crippen molar-refractivity contribution in [3.8, 4) is 11.3 Å². The Hall–Kier alpha value is -0.840. The van der Waals surface area contributed by atoms with Crippen LogP contribution in [0.15, 0.2) is 33.5 Å². The van der Waals surface area contributed by atoms with Gasteiger partial charge in [-0.15, -0.1) is 0 Å². The van der Waals surface area contributed by atoms with E-state index >= 15 is 0 Å². The van der Waals surface area contributed by atoms with E-state index < -0.39 is 0 Å². The molecule has 1 heterocycles. The van der Waals surface area contributed by atoms with E-state index in [1.807, 2.05) is 18.2 Å². The first-order valence-corrected chi connectivity index (χ1v) is 7.02.